The maximum atomic E-state index is 12.8. The van der Waals surface area contributed by atoms with Crippen molar-refractivity contribution in [3.63, 3.8) is 0 Å². The van der Waals surface area contributed by atoms with E-state index in [0.29, 0.717) is 22.7 Å². The van der Waals surface area contributed by atoms with E-state index in [-0.39, 0.29) is 17.6 Å². The van der Waals surface area contributed by atoms with Gasteiger partial charge in [0, 0.05) is 7.11 Å². The Labute approximate surface area is 138 Å². The lowest BCUT2D eigenvalue weighted by atomic mass is 10.2. The highest BCUT2D eigenvalue weighted by Gasteiger charge is 2.22. The van der Waals surface area contributed by atoms with E-state index in [9.17, 15) is 9.59 Å². The van der Waals surface area contributed by atoms with Crippen LogP contribution in [0.25, 0.3) is 10.9 Å². The fourth-order valence-electron chi connectivity index (χ4n) is 2.29. The van der Waals surface area contributed by atoms with Gasteiger partial charge in [0.2, 0.25) is 0 Å². The van der Waals surface area contributed by atoms with Crippen LogP contribution in [0.4, 0.5) is 0 Å². The lowest BCUT2D eigenvalue weighted by molar-refractivity contribution is -0.139. The van der Waals surface area contributed by atoms with Crippen LogP contribution in [0.1, 0.15) is 19.9 Å². The SMILES string of the molecule is COC[C@H](C)n1c(S[C@@H](C)C(=O)OC)nc2ccccc2c1=O. The van der Waals surface area contributed by atoms with Gasteiger partial charge >= 0.3 is 5.97 Å². The van der Waals surface area contributed by atoms with Crippen molar-refractivity contribution in [3.8, 4) is 0 Å². The normalized spacial score (nSPS) is 13.7. The molecule has 1 aromatic heterocycles. The number of benzene rings is 1. The first kappa shape index (κ1) is 17.5. The number of esters is 1. The number of aromatic nitrogens is 2. The van der Waals surface area contributed by atoms with E-state index in [1.54, 1.807) is 36.8 Å². The molecule has 7 heteroatoms. The highest BCUT2D eigenvalue weighted by atomic mass is 32.2. The topological polar surface area (TPSA) is 70.4 Å². The van der Waals surface area contributed by atoms with Gasteiger partial charge < -0.3 is 9.47 Å². The average molecular weight is 336 g/mol. The van der Waals surface area contributed by atoms with E-state index >= 15 is 0 Å². The van der Waals surface area contributed by atoms with Crippen LogP contribution in [0.3, 0.4) is 0 Å². The van der Waals surface area contributed by atoms with Gasteiger partial charge in [0.05, 0.1) is 30.7 Å². The first-order valence-corrected chi connectivity index (χ1v) is 8.12. The largest absolute Gasteiger partial charge is 0.468 e. The molecular formula is C16H20N2O4S. The zero-order valence-corrected chi connectivity index (χ0v) is 14.4. The molecule has 0 saturated heterocycles. The highest BCUT2D eigenvalue weighted by Crippen LogP contribution is 2.25. The summed E-state index contributed by atoms with van der Waals surface area (Å²) in [5.74, 6) is -0.358. The summed E-state index contributed by atoms with van der Waals surface area (Å²) in [7, 11) is 2.92. The minimum Gasteiger partial charge on any atom is -0.468 e. The number of methoxy groups -OCH3 is 2. The van der Waals surface area contributed by atoms with Gasteiger partial charge in [-0.25, -0.2) is 4.98 Å². The highest BCUT2D eigenvalue weighted by molar-refractivity contribution is 8.00. The Bertz CT molecular complexity index is 759. The predicted octanol–water partition coefficient (Wildman–Crippen LogP) is 2.26. The van der Waals surface area contributed by atoms with Crippen molar-refractivity contribution in [1.29, 1.82) is 0 Å². The molecular weight excluding hydrogens is 316 g/mol. The van der Waals surface area contributed by atoms with Gasteiger partial charge in [-0.05, 0) is 26.0 Å². The third-order valence-electron chi connectivity index (χ3n) is 3.44. The van der Waals surface area contributed by atoms with Crippen LogP contribution < -0.4 is 5.56 Å². The summed E-state index contributed by atoms with van der Waals surface area (Å²) in [6, 6.07) is 6.97. The van der Waals surface area contributed by atoms with Crippen molar-refractivity contribution in [2.24, 2.45) is 0 Å². The van der Waals surface area contributed by atoms with Crippen molar-refractivity contribution in [1.82, 2.24) is 9.55 Å². The molecule has 0 spiro atoms. The summed E-state index contributed by atoms with van der Waals surface area (Å²) in [6.07, 6.45) is 0. The smallest absolute Gasteiger partial charge is 0.318 e. The molecule has 0 aliphatic heterocycles. The standard InChI is InChI=1S/C16H20N2O4S/c1-10(9-21-3)18-14(19)12-7-5-6-8-13(12)17-16(18)23-11(2)15(20)22-4/h5-8,10-11H,9H2,1-4H3/t10-,11-/m0/s1. The molecule has 0 fully saturated rings. The number of carbonyl (C=O) groups is 1. The van der Waals surface area contributed by atoms with E-state index in [0.717, 1.165) is 0 Å². The molecule has 0 aliphatic rings. The number of hydrogen-bond acceptors (Lipinski definition) is 6. The molecule has 0 unspecified atom stereocenters. The Hall–Kier alpha value is -1.86. The number of ether oxygens (including phenoxy) is 2. The van der Waals surface area contributed by atoms with E-state index in [1.807, 2.05) is 13.0 Å². The molecule has 1 heterocycles. The van der Waals surface area contributed by atoms with E-state index in [1.165, 1.54) is 18.9 Å². The summed E-state index contributed by atoms with van der Waals surface area (Å²) < 4.78 is 11.5. The Morgan fingerprint density at radius 1 is 1.30 bits per heavy atom. The molecule has 124 valence electrons. The predicted molar refractivity (Wildman–Crippen MR) is 89.9 cm³/mol. The van der Waals surface area contributed by atoms with E-state index in [4.69, 9.17) is 9.47 Å². The zero-order chi connectivity index (χ0) is 17.0. The molecule has 0 radical (unpaired) electrons. The van der Waals surface area contributed by atoms with Crippen LogP contribution in [0.15, 0.2) is 34.2 Å². The van der Waals surface area contributed by atoms with Crippen LogP contribution in [-0.2, 0) is 14.3 Å². The van der Waals surface area contributed by atoms with Gasteiger partial charge in [0.25, 0.3) is 5.56 Å². The fraction of sp³-hybridized carbons (Fsp3) is 0.438. The Morgan fingerprint density at radius 2 is 2.00 bits per heavy atom. The van der Waals surface area contributed by atoms with Crippen molar-refractivity contribution in [3.05, 3.63) is 34.6 Å². The minimum absolute atomic E-state index is 0.139. The van der Waals surface area contributed by atoms with Crippen molar-refractivity contribution < 1.29 is 14.3 Å². The number of carbonyl (C=O) groups excluding carboxylic acids is 1. The van der Waals surface area contributed by atoms with Crippen molar-refractivity contribution in [2.45, 2.75) is 30.3 Å². The fourth-order valence-corrected chi connectivity index (χ4v) is 3.32. The minimum atomic E-state index is -0.464. The summed E-state index contributed by atoms with van der Waals surface area (Å²) in [5.41, 5.74) is 0.470. The Kier molecular flexibility index (Phi) is 5.79. The summed E-state index contributed by atoms with van der Waals surface area (Å²) >= 11 is 1.21. The molecule has 2 rings (SSSR count). The second kappa shape index (κ2) is 7.61. The third kappa shape index (κ3) is 3.73. The summed E-state index contributed by atoms with van der Waals surface area (Å²) in [5, 5.41) is 0.565. The Balaban J connectivity index is 2.58. The van der Waals surface area contributed by atoms with Crippen LogP contribution >= 0.6 is 11.8 Å². The van der Waals surface area contributed by atoms with Crippen LogP contribution in [0.5, 0.6) is 0 Å². The van der Waals surface area contributed by atoms with E-state index < -0.39 is 5.25 Å². The van der Waals surface area contributed by atoms with Crippen LogP contribution in [0, 0.1) is 0 Å². The number of fused-ring (bicyclic) bond motifs is 1. The van der Waals surface area contributed by atoms with Crippen LogP contribution in [-0.4, -0.2) is 41.6 Å². The number of hydrogen-bond donors (Lipinski definition) is 0. The number of rotatable bonds is 6. The lowest BCUT2D eigenvalue weighted by Gasteiger charge is -2.20. The van der Waals surface area contributed by atoms with Crippen LogP contribution in [0.2, 0.25) is 0 Å². The van der Waals surface area contributed by atoms with Crippen molar-refractivity contribution >= 4 is 28.6 Å². The molecule has 0 bridgehead atoms. The Morgan fingerprint density at radius 3 is 2.65 bits per heavy atom. The zero-order valence-electron chi connectivity index (χ0n) is 13.6. The van der Waals surface area contributed by atoms with Gasteiger partial charge in [-0.1, -0.05) is 23.9 Å². The lowest BCUT2D eigenvalue weighted by Crippen LogP contribution is -2.29. The first-order valence-electron chi connectivity index (χ1n) is 7.24. The molecule has 0 amide bonds. The summed E-state index contributed by atoms with van der Waals surface area (Å²) in [6.45, 7) is 3.98. The van der Waals surface area contributed by atoms with Crippen molar-refractivity contribution in [2.75, 3.05) is 20.8 Å². The monoisotopic (exact) mass is 336 g/mol. The molecule has 0 N–H and O–H groups in total. The molecule has 0 saturated carbocycles. The number of nitrogens with zero attached hydrogens (tertiary/aromatic N) is 2. The first-order chi connectivity index (χ1) is 11.0. The maximum Gasteiger partial charge on any atom is 0.318 e. The molecule has 23 heavy (non-hydrogen) atoms. The van der Waals surface area contributed by atoms with Gasteiger partial charge in [-0.3, -0.25) is 14.2 Å². The van der Waals surface area contributed by atoms with Gasteiger partial charge in [-0.2, -0.15) is 0 Å². The van der Waals surface area contributed by atoms with Gasteiger partial charge in [0.15, 0.2) is 5.16 Å². The van der Waals surface area contributed by atoms with E-state index in [2.05, 4.69) is 4.98 Å². The maximum absolute atomic E-state index is 12.8. The summed E-state index contributed by atoms with van der Waals surface area (Å²) in [4.78, 5) is 29.1. The molecule has 0 aliphatic carbocycles. The third-order valence-corrected chi connectivity index (χ3v) is 4.48. The second-order valence-corrected chi connectivity index (χ2v) is 6.48. The molecule has 1 aromatic carbocycles. The number of para-hydroxylation sites is 1. The molecule has 2 atom stereocenters. The van der Waals surface area contributed by atoms with Gasteiger partial charge in [0.1, 0.15) is 5.25 Å². The quantitative estimate of drug-likeness (QED) is 0.458. The molecule has 2 aromatic rings. The average Bonchev–Trinajstić information content (AvgIpc) is 2.54. The second-order valence-electron chi connectivity index (χ2n) is 5.17. The van der Waals surface area contributed by atoms with Gasteiger partial charge in [-0.15, -0.1) is 0 Å². The molecule has 6 nitrogen and oxygen atoms in total. The number of thioether (sulfide) groups is 1.